The molecular formula is C18H16F7N5O2. The highest BCUT2D eigenvalue weighted by molar-refractivity contribution is 5.85. The first kappa shape index (κ1) is 23.6. The van der Waals surface area contributed by atoms with E-state index < -0.39 is 59.5 Å². The van der Waals surface area contributed by atoms with Gasteiger partial charge < -0.3 is 10.2 Å². The maximum absolute atomic E-state index is 14.8. The average molecular weight is 467 g/mol. The average Bonchev–Trinajstić information content (AvgIpc) is 2.70. The maximum atomic E-state index is 14.8. The van der Waals surface area contributed by atoms with Crippen LogP contribution in [0.2, 0.25) is 0 Å². The molecule has 3 rings (SSSR count). The number of likely N-dealkylation sites (tertiary alicyclic amines) is 1. The molecule has 0 radical (unpaired) electrons. The largest absolute Gasteiger partial charge is 0.522 e. The summed E-state index contributed by atoms with van der Waals surface area (Å²) in [7, 11) is 0. The van der Waals surface area contributed by atoms with Crippen LogP contribution in [0.15, 0.2) is 24.7 Å². The van der Waals surface area contributed by atoms with Gasteiger partial charge in [0, 0.05) is 12.7 Å². The Balaban J connectivity index is 1.70. The smallest absolute Gasteiger partial charge is 0.356 e. The molecule has 14 heteroatoms. The van der Waals surface area contributed by atoms with Crippen molar-refractivity contribution in [3.63, 3.8) is 0 Å². The molecule has 0 spiro atoms. The molecule has 0 aromatic carbocycles. The van der Waals surface area contributed by atoms with E-state index in [1.165, 1.54) is 13.8 Å². The predicted octanol–water partition coefficient (Wildman–Crippen LogP) is 3.63. The molecule has 1 aliphatic rings. The standard InChI is InChI=1S/C18H16F7N5O2/c1-8(16(31)30-6-12(9(30)2)32-18(23,24)25)29-15-13(19)14(27-7-28-15)11-4-3-10(5-26-11)17(20,21)22/h3-5,7-9,12H,6H2,1-2H3,(H,27,28,29)/t8-,9+,12+/m1/s1. The number of rotatable bonds is 5. The molecular weight excluding hydrogens is 451 g/mol. The Hall–Kier alpha value is -3.03. The van der Waals surface area contributed by atoms with Crippen LogP contribution >= 0.6 is 0 Å². The number of carbonyl (C=O) groups is 1. The minimum absolute atomic E-state index is 0.191. The first-order valence-electron chi connectivity index (χ1n) is 9.13. The third kappa shape index (κ3) is 5.06. The van der Waals surface area contributed by atoms with E-state index in [0.29, 0.717) is 12.3 Å². The zero-order chi connectivity index (χ0) is 23.8. The Labute approximate surface area is 176 Å². The number of alkyl halides is 6. The van der Waals surface area contributed by atoms with Gasteiger partial charge in [0.05, 0.1) is 17.3 Å². The Morgan fingerprint density at radius 2 is 1.88 bits per heavy atom. The highest BCUT2D eigenvalue weighted by Crippen LogP contribution is 2.31. The number of halogens is 7. The number of nitrogens with one attached hydrogen (secondary N) is 1. The van der Waals surface area contributed by atoms with Crippen molar-refractivity contribution in [2.24, 2.45) is 0 Å². The van der Waals surface area contributed by atoms with Gasteiger partial charge in [-0.2, -0.15) is 13.2 Å². The van der Waals surface area contributed by atoms with Gasteiger partial charge in [0.25, 0.3) is 0 Å². The van der Waals surface area contributed by atoms with Crippen molar-refractivity contribution in [1.82, 2.24) is 19.9 Å². The maximum Gasteiger partial charge on any atom is 0.522 e. The van der Waals surface area contributed by atoms with Crippen LogP contribution in [0.3, 0.4) is 0 Å². The van der Waals surface area contributed by atoms with E-state index in [0.717, 1.165) is 17.3 Å². The van der Waals surface area contributed by atoms with Crippen molar-refractivity contribution in [1.29, 1.82) is 0 Å². The molecule has 3 atom stereocenters. The van der Waals surface area contributed by atoms with Crippen molar-refractivity contribution in [2.45, 2.75) is 44.6 Å². The number of hydrogen-bond donors (Lipinski definition) is 1. The monoisotopic (exact) mass is 467 g/mol. The van der Waals surface area contributed by atoms with Crippen molar-refractivity contribution >= 4 is 11.7 Å². The molecule has 2 aromatic rings. The number of nitrogens with zero attached hydrogens (tertiary/aromatic N) is 4. The number of ether oxygens (including phenoxy) is 1. The van der Waals surface area contributed by atoms with Gasteiger partial charge in [-0.1, -0.05) is 0 Å². The lowest BCUT2D eigenvalue weighted by atomic mass is 10.00. The third-order valence-electron chi connectivity index (χ3n) is 4.82. The second-order valence-electron chi connectivity index (χ2n) is 7.01. The summed E-state index contributed by atoms with van der Waals surface area (Å²) in [6, 6.07) is -0.277. The lowest BCUT2D eigenvalue weighted by Gasteiger charge is -2.46. The number of pyridine rings is 1. The van der Waals surface area contributed by atoms with Crippen LogP contribution in [0, 0.1) is 5.82 Å². The second kappa shape index (κ2) is 8.48. The predicted molar refractivity (Wildman–Crippen MR) is 95.4 cm³/mol. The molecule has 0 saturated carbocycles. The molecule has 1 saturated heterocycles. The third-order valence-corrected chi connectivity index (χ3v) is 4.82. The van der Waals surface area contributed by atoms with Crippen molar-refractivity contribution < 1.29 is 40.3 Å². The number of anilines is 1. The first-order valence-corrected chi connectivity index (χ1v) is 9.13. The second-order valence-corrected chi connectivity index (χ2v) is 7.01. The summed E-state index contributed by atoms with van der Waals surface area (Å²) in [6.45, 7) is 2.44. The van der Waals surface area contributed by atoms with Gasteiger partial charge in [0.1, 0.15) is 24.2 Å². The molecule has 174 valence electrons. The van der Waals surface area contributed by atoms with Crippen molar-refractivity contribution in [2.75, 3.05) is 11.9 Å². The zero-order valence-electron chi connectivity index (χ0n) is 16.5. The van der Waals surface area contributed by atoms with Crippen molar-refractivity contribution in [3.8, 4) is 11.4 Å². The molecule has 0 bridgehead atoms. The number of aromatic nitrogens is 3. The number of carbonyl (C=O) groups excluding carboxylic acids is 1. The summed E-state index contributed by atoms with van der Waals surface area (Å²) in [5.41, 5.74) is -1.61. The van der Waals surface area contributed by atoms with Gasteiger partial charge in [-0.3, -0.25) is 14.5 Å². The molecule has 1 fully saturated rings. The molecule has 1 amide bonds. The number of amides is 1. The van der Waals surface area contributed by atoms with E-state index in [2.05, 4.69) is 25.0 Å². The van der Waals surface area contributed by atoms with E-state index in [9.17, 15) is 35.5 Å². The molecule has 1 aliphatic heterocycles. The van der Waals surface area contributed by atoms with Crippen LogP contribution in [-0.2, 0) is 15.7 Å². The van der Waals surface area contributed by atoms with Gasteiger partial charge in [0.15, 0.2) is 11.6 Å². The minimum Gasteiger partial charge on any atom is -0.356 e. The summed E-state index contributed by atoms with van der Waals surface area (Å²) < 4.78 is 93.7. The molecule has 1 N–H and O–H groups in total. The highest BCUT2D eigenvalue weighted by Gasteiger charge is 2.46. The van der Waals surface area contributed by atoms with Crippen molar-refractivity contribution in [3.05, 3.63) is 36.0 Å². The van der Waals surface area contributed by atoms with E-state index in [-0.39, 0.29) is 12.2 Å². The quantitative estimate of drug-likeness (QED) is 0.677. The Morgan fingerprint density at radius 1 is 1.19 bits per heavy atom. The summed E-state index contributed by atoms with van der Waals surface area (Å²) in [5, 5.41) is 2.50. The number of hydrogen-bond acceptors (Lipinski definition) is 6. The van der Waals surface area contributed by atoms with Gasteiger partial charge in [-0.05, 0) is 26.0 Å². The van der Waals surface area contributed by atoms with Crippen LogP contribution in [-0.4, -0.2) is 56.9 Å². The molecule has 7 nitrogen and oxygen atoms in total. The molecule has 32 heavy (non-hydrogen) atoms. The van der Waals surface area contributed by atoms with E-state index in [4.69, 9.17) is 0 Å². The van der Waals surface area contributed by atoms with E-state index in [1.54, 1.807) is 0 Å². The lowest BCUT2D eigenvalue weighted by molar-refractivity contribution is -0.359. The fourth-order valence-electron chi connectivity index (χ4n) is 3.04. The van der Waals surface area contributed by atoms with Crippen LogP contribution in [0.25, 0.3) is 11.4 Å². The lowest BCUT2D eigenvalue weighted by Crippen LogP contribution is -2.65. The topological polar surface area (TPSA) is 80.2 Å². The van der Waals surface area contributed by atoms with E-state index in [1.807, 2.05) is 0 Å². The highest BCUT2D eigenvalue weighted by atomic mass is 19.4. The molecule has 0 unspecified atom stereocenters. The molecule has 0 aliphatic carbocycles. The van der Waals surface area contributed by atoms with Gasteiger partial charge in [0.2, 0.25) is 5.91 Å². The summed E-state index contributed by atoms with van der Waals surface area (Å²) in [4.78, 5) is 24.6. The minimum atomic E-state index is -4.83. The Morgan fingerprint density at radius 3 is 2.41 bits per heavy atom. The fourth-order valence-corrected chi connectivity index (χ4v) is 3.04. The van der Waals surface area contributed by atoms with Crippen LogP contribution in [0.1, 0.15) is 19.4 Å². The van der Waals surface area contributed by atoms with Crippen LogP contribution in [0.4, 0.5) is 36.6 Å². The molecule has 3 heterocycles. The Kier molecular flexibility index (Phi) is 6.26. The first-order chi connectivity index (χ1) is 14.8. The van der Waals surface area contributed by atoms with Crippen LogP contribution in [0.5, 0.6) is 0 Å². The zero-order valence-corrected chi connectivity index (χ0v) is 16.5. The Bertz CT molecular complexity index is 981. The van der Waals surface area contributed by atoms with Gasteiger partial charge in [-0.25, -0.2) is 14.4 Å². The fraction of sp³-hybridized carbons (Fsp3) is 0.444. The van der Waals surface area contributed by atoms with E-state index >= 15 is 0 Å². The molecule has 2 aromatic heterocycles. The summed E-state index contributed by atoms with van der Waals surface area (Å²) >= 11 is 0. The van der Waals surface area contributed by atoms with Gasteiger partial charge >= 0.3 is 12.5 Å². The van der Waals surface area contributed by atoms with Crippen LogP contribution < -0.4 is 5.32 Å². The summed E-state index contributed by atoms with van der Waals surface area (Å²) in [5.74, 6) is -2.10. The van der Waals surface area contributed by atoms with Gasteiger partial charge in [-0.15, -0.1) is 13.2 Å². The SMILES string of the molecule is C[C@@H](Nc1ncnc(-c2ccc(C(F)(F)F)cn2)c1F)C(=O)N1C[C@H](OC(F)(F)F)[C@@H]1C. The normalized spacial score (nSPS) is 20.0. The summed E-state index contributed by atoms with van der Waals surface area (Å²) in [6.07, 6.45) is -9.20.